The maximum Gasteiger partial charge on any atom is 0.332 e. The van der Waals surface area contributed by atoms with Crippen LogP contribution in [-0.4, -0.2) is 11.1 Å². The Bertz CT molecular complexity index is 271. The van der Waals surface area contributed by atoms with E-state index >= 15 is 0 Å². The van der Waals surface area contributed by atoms with E-state index in [1.165, 1.54) is 12.1 Å². The van der Waals surface area contributed by atoms with E-state index in [-0.39, 0.29) is 12.2 Å². The molecule has 0 aliphatic carbocycles. The summed E-state index contributed by atoms with van der Waals surface area (Å²) in [7, 11) is 0. The lowest BCUT2D eigenvalue weighted by Crippen LogP contribution is -1.96. The van der Waals surface area contributed by atoms with Crippen molar-refractivity contribution in [2.24, 2.45) is 0 Å². The van der Waals surface area contributed by atoms with Gasteiger partial charge in [0.05, 0.1) is 12.2 Å². The summed E-state index contributed by atoms with van der Waals surface area (Å²) in [5.41, 5.74) is 0.259. The van der Waals surface area contributed by atoms with Crippen LogP contribution < -0.4 is 0 Å². The largest absolute Gasteiger partial charge is 0.392 e. The van der Waals surface area contributed by atoms with Gasteiger partial charge in [0.2, 0.25) is 0 Å². The normalized spacial score (nSPS) is 9.64. The Labute approximate surface area is 63.3 Å². The van der Waals surface area contributed by atoms with Crippen LogP contribution in [0, 0.1) is 0 Å². The van der Waals surface area contributed by atoms with Crippen molar-refractivity contribution in [2.75, 3.05) is 0 Å². The fraction of sp³-hybridized carbons (Fsp3) is 0.125. The van der Waals surface area contributed by atoms with Crippen LogP contribution in [0.2, 0.25) is 0 Å². The predicted octanol–water partition coefficient (Wildman–Crippen LogP) is 1.29. The molecule has 58 valence electrons. The van der Waals surface area contributed by atoms with Crippen molar-refractivity contribution < 1.29 is 14.3 Å². The molecule has 0 fully saturated rings. The fourth-order valence-electron chi connectivity index (χ4n) is 0.850. The molecule has 0 aliphatic rings. The monoisotopic (exact) mass is 154 g/mol. The van der Waals surface area contributed by atoms with Crippen LogP contribution in [0.3, 0.4) is 0 Å². The molecule has 0 saturated carbocycles. The first kappa shape index (κ1) is 7.88. The zero-order valence-corrected chi connectivity index (χ0v) is 5.75. The molecule has 0 atom stereocenters. The first-order valence-corrected chi connectivity index (χ1v) is 3.14. The van der Waals surface area contributed by atoms with Gasteiger partial charge in [0.1, 0.15) is 0 Å². The van der Waals surface area contributed by atoms with Gasteiger partial charge in [0.15, 0.2) is 0 Å². The van der Waals surface area contributed by atoms with Crippen molar-refractivity contribution in [3.8, 4) is 0 Å². The maximum atomic E-state index is 12.1. The molecule has 1 N–H and O–H groups in total. The van der Waals surface area contributed by atoms with Gasteiger partial charge in [-0.1, -0.05) is 18.2 Å². The molecule has 0 radical (unpaired) electrons. The minimum Gasteiger partial charge on any atom is -0.392 e. The van der Waals surface area contributed by atoms with Crippen LogP contribution in [0.1, 0.15) is 15.9 Å². The first-order valence-electron chi connectivity index (χ1n) is 3.14. The quantitative estimate of drug-likeness (QED) is 0.651. The Morgan fingerprint density at radius 2 is 2.09 bits per heavy atom. The number of rotatable bonds is 2. The van der Waals surface area contributed by atoms with E-state index in [1.54, 1.807) is 12.1 Å². The molecule has 1 aromatic carbocycles. The lowest BCUT2D eigenvalue weighted by Gasteiger charge is -1.98. The average Bonchev–Trinajstić information content (AvgIpc) is 2.04. The van der Waals surface area contributed by atoms with Crippen molar-refractivity contribution in [1.29, 1.82) is 0 Å². The van der Waals surface area contributed by atoms with Crippen molar-refractivity contribution in [2.45, 2.75) is 6.61 Å². The Morgan fingerprint density at radius 1 is 1.45 bits per heavy atom. The Hall–Kier alpha value is -1.22. The Balaban J connectivity index is 3.12. The zero-order valence-electron chi connectivity index (χ0n) is 5.75. The highest BCUT2D eigenvalue weighted by atomic mass is 19.1. The van der Waals surface area contributed by atoms with Gasteiger partial charge in [0.25, 0.3) is 0 Å². The van der Waals surface area contributed by atoms with E-state index in [0.717, 1.165) is 0 Å². The fourth-order valence-corrected chi connectivity index (χ4v) is 0.850. The molecule has 0 heterocycles. The second-order valence-corrected chi connectivity index (χ2v) is 2.09. The van der Waals surface area contributed by atoms with Crippen molar-refractivity contribution in [1.82, 2.24) is 0 Å². The molecular weight excluding hydrogens is 147 g/mol. The molecule has 0 unspecified atom stereocenters. The van der Waals surface area contributed by atoms with Crippen LogP contribution in [0.25, 0.3) is 0 Å². The van der Waals surface area contributed by atoms with Crippen LogP contribution in [0.4, 0.5) is 4.39 Å². The van der Waals surface area contributed by atoms with Gasteiger partial charge < -0.3 is 5.11 Å². The highest BCUT2D eigenvalue weighted by Crippen LogP contribution is 2.09. The van der Waals surface area contributed by atoms with Gasteiger partial charge in [-0.15, -0.1) is 0 Å². The molecule has 0 aromatic heterocycles. The molecule has 2 nitrogen and oxygen atoms in total. The molecule has 11 heavy (non-hydrogen) atoms. The predicted molar refractivity (Wildman–Crippen MR) is 37.8 cm³/mol. The molecular formula is C8H7FO2. The summed E-state index contributed by atoms with van der Waals surface area (Å²) in [6.07, 6.45) is 0. The number of carbonyl (C=O) groups is 1. The maximum absolute atomic E-state index is 12.1. The van der Waals surface area contributed by atoms with Crippen molar-refractivity contribution >= 4 is 6.04 Å². The third-order valence-electron chi connectivity index (χ3n) is 1.40. The van der Waals surface area contributed by atoms with E-state index in [9.17, 15) is 9.18 Å². The van der Waals surface area contributed by atoms with Crippen LogP contribution >= 0.6 is 0 Å². The van der Waals surface area contributed by atoms with E-state index in [4.69, 9.17) is 5.11 Å². The van der Waals surface area contributed by atoms with E-state index in [1.807, 2.05) is 0 Å². The highest BCUT2D eigenvalue weighted by molar-refractivity contribution is 5.89. The summed E-state index contributed by atoms with van der Waals surface area (Å²) in [4.78, 5) is 10.2. The van der Waals surface area contributed by atoms with Crippen molar-refractivity contribution in [3.63, 3.8) is 0 Å². The number of hydrogen-bond acceptors (Lipinski definition) is 2. The summed E-state index contributed by atoms with van der Waals surface area (Å²) in [6.45, 7) is -0.314. The highest BCUT2D eigenvalue weighted by Gasteiger charge is 2.07. The smallest absolute Gasteiger partial charge is 0.332 e. The Morgan fingerprint density at radius 3 is 2.55 bits per heavy atom. The van der Waals surface area contributed by atoms with E-state index < -0.39 is 6.04 Å². The van der Waals surface area contributed by atoms with Gasteiger partial charge in [-0.2, -0.15) is 4.39 Å². The van der Waals surface area contributed by atoms with Crippen LogP contribution in [-0.2, 0) is 6.61 Å². The molecule has 3 heteroatoms. The lowest BCUT2D eigenvalue weighted by molar-refractivity contribution is 0.0832. The van der Waals surface area contributed by atoms with Gasteiger partial charge >= 0.3 is 6.04 Å². The molecule has 0 bridgehead atoms. The molecule has 0 saturated heterocycles. The second-order valence-electron chi connectivity index (χ2n) is 2.09. The number of hydrogen-bond donors (Lipinski definition) is 1. The summed E-state index contributed by atoms with van der Waals surface area (Å²) < 4.78 is 12.1. The average molecular weight is 154 g/mol. The summed E-state index contributed by atoms with van der Waals surface area (Å²) >= 11 is 0. The van der Waals surface area contributed by atoms with Crippen molar-refractivity contribution in [3.05, 3.63) is 35.4 Å². The molecule has 1 rings (SSSR count). The summed E-state index contributed by atoms with van der Waals surface area (Å²) in [6, 6.07) is 4.53. The number of benzene rings is 1. The number of aliphatic hydroxyl groups is 1. The SMILES string of the molecule is O=C(F)c1ccccc1CO. The molecule has 0 aliphatic heterocycles. The molecule has 0 spiro atoms. The number of aliphatic hydroxyl groups excluding tert-OH is 1. The van der Waals surface area contributed by atoms with E-state index in [2.05, 4.69) is 0 Å². The summed E-state index contributed by atoms with van der Waals surface area (Å²) in [5, 5.41) is 8.65. The van der Waals surface area contributed by atoms with Gasteiger partial charge in [-0.3, -0.25) is 4.79 Å². The van der Waals surface area contributed by atoms with Crippen LogP contribution in [0.15, 0.2) is 24.3 Å². The number of halogens is 1. The van der Waals surface area contributed by atoms with Gasteiger partial charge in [-0.05, 0) is 11.6 Å². The second kappa shape index (κ2) is 3.25. The van der Waals surface area contributed by atoms with Gasteiger partial charge in [0, 0.05) is 0 Å². The lowest BCUT2D eigenvalue weighted by atomic mass is 10.1. The molecule has 1 aromatic rings. The van der Waals surface area contributed by atoms with Gasteiger partial charge in [-0.25, -0.2) is 0 Å². The molecule has 0 amide bonds. The summed E-state index contributed by atoms with van der Waals surface area (Å²) in [5.74, 6) is 0. The number of carbonyl (C=O) groups excluding carboxylic acids is 1. The minimum absolute atomic E-state index is 0.0602. The van der Waals surface area contributed by atoms with E-state index in [0.29, 0.717) is 5.56 Å². The first-order chi connectivity index (χ1) is 5.25. The topological polar surface area (TPSA) is 37.3 Å². The third kappa shape index (κ3) is 1.62. The minimum atomic E-state index is -1.50. The van der Waals surface area contributed by atoms with Crippen LogP contribution in [0.5, 0.6) is 0 Å². The Kier molecular flexibility index (Phi) is 2.33. The third-order valence-corrected chi connectivity index (χ3v) is 1.40. The standard InChI is InChI=1S/C8H7FO2/c9-8(11)7-4-2-1-3-6(7)5-10/h1-4,10H,5H2. The zero-order chi connectivity index (χ0) is 8.27.